The van der Waals surface area contributed by atoms with E-state index >= 15 is 0 Å². The fourth-order valence-corrected chi connectivity index (χ4v) is 3.25. The molecular formula is C22H22N4O3S. The second-order valence-corrected chi connectivity index (χ2v) is 6.94. The molecule has 0 saturated carbocycles. The van der Waals surface area contributed by atoms with Gasteiger partial charge in [-0.1, -0.05) is 23.9 Å². The van der Waals surface area contributed by atoms with Gasteiger partial charge in [0.2, 0.25) is 0 Å². The molecule has 154 valence electrons. The maximum Gasteiger partial charge on any atom is 0.189 e. The van der Waals surface area contributed by atoms with E-state index < -0.39 is 0 Å². The molecule has 0 amide bonds. The highest BCUT2D eigenvalue weighted by Crippen LogP contribution is 2.35. The van der Waals surface area contributed by atoms with Crippen molar-refractivity contribution in [2.75, 3.05) is 32.9 Å². The fraction of sp³-hybridized carbons (Fsp3) is 0.227. The van der Waals surface area contributed by atoms with Gasteiger partial charge in [-0.2, -0.15) is 5.26 Å². The normalized spacial score (nSPS) is 10.2. The third-order valence-corrected chi connectivity index (χ3v) is 5.01. The van der Waals surface area contributed by atoms with Crippen molar-refractivity contribution >= 4 is 17.6 Å². The molecule has 0 radical (unpaired) electrons. The highest BCUT2D eigenvalue weighted by Gasteiger charge is 2.17. The molecule has 8 heteroatoms. The van der Waals surface area contributed by atoms with Crippen molar-refractivity contribution in [3.63, 3.8) is 0 Å². The molecule has 3 rings (SSSR count). The van der Waals surface area contributed by atoms with Crippen LogP contribution in [0.4, 0.5) is 5.82 Å². The molecule has 1 N–H and O–H groups in total. The van der Waals surface area contributed by atoms with E-state index in [1.54, 1.807) is 33.5 Å². The average Bonchev–Trinajstić information content (AvgIpc) is 2.81. The first-order valence-electron chi connectivity index (χ1n) is 9.08. The van der Waals surface area contributed by atoms with Crippen molar-refractivity contribution in [1.29, 1.82) is 5.26 Å². The molecule has 0 atom stereocenters. The summed E-state index contributed by atoms with van der Waals surface area (Å²) >= 11 is 1.41. The second kappa shape index (κ2) is 9.85. The molecule has 0 unspecified atom stereocenters. The molecule has 0 spiro atoms. The van der Waals surface area contributed by atoms with Gasteiger partial charge >= 0.3 is 0 Å². The molecule has 0 bridgehead atoms. The SMILES string of the molecule is COc1ccc(CNc2nc(SC)nc(-c3ccc(OC)c(OC)c3)c2C#N)cc1. The van der Waals surface area contributed by atoms with Crippen LogP contribution in [0.2, 0.25) is 0 Å². The lowest BCUT2D eigenvalue weighted by Gasteiger charge is -2.14. The minimum Gasteiger partial charge on any atom is -0.497 e. The van der Waals surface area contributed by atoms with Gasteiger partial charge in [-0.05, 0) is 42.2 Å². The molecule has 7 nitrogen and oxygen atoms in total. The number of hydrogen-bond acceptors (Lipinski definition) is 8. The smallest absolute Gasteiger partial charge is 0.189 e. The van der Waals surface area contributed by atoms with E-state index in [1.807, 2.05) is 36.6 Å². The molecule has 3 aromatic rings. The topological polar surface area (TPSA) is 89.3 Å². The van der Waals surface area contributed by atoms with Gasteiger partial charge in [0, 0.05) is 12.1 Å². The van der Waals surface area contributed by atoms with E-state index in [2.05, 4.69) is 21.4 Å². The number of hydrogen-bond donors (Lipinski definition) is 1. The summed E-state index contributed by atoms with van der Waals surface area (Å²) in [6, 6.07) is 15.4. The average molecular weight is 423 g/mol. The number of nitrogens with zero attached hydrogens (tertiary/aromatic N) is 3. The van der Waals surface area contributed by atoms with Crippen molar-refractivity contribution < 1.29 is 14.2 Å². The fourth-order valence-electron chi connectivity index (χ4n) is 2.89. The molecule has 1 heterocycles. The van der Waals surface area contributed by atoms with Gasteiger partial charge in [0.05, 0.1) is 27.0 Å². The Bertz CT molecular complexity index is 1070. The summed E-state index contributed by atoms with van der Waals surface area (Å²) in [7, 11) is 4.78. The summed E-state index contributed by atoms with van der Waals surface area (Å²) in [5.74, 6) is 2.45. The molecule has 0 saturated heterocycles. The largest absolute Gasteiger partial charge is 0.497 e. The summed E-state index contributed by atoms with van der Waals surface area (Å²) in [5, 5.41) is 13.7. The Kier molecular flexibility index (Phi) is 6.99. The molecular weight excluding hydrogens is 400 g/mol. The molecule has 1 aromatic heterocycles. The minimum absolute atomic E-state index is 0.369. The summed E-state index contributed by atoms with van der Waals surface area (Å²) < 4.78 is 15.9. The molecule has 30 heavy (non-hydrogen) atoms. The third-order valence-electron chi connectivity index (χ3n) is 4.46. The van der Waals surface area contributed by atoms with E-state index in [1.165, 1.54) is 11.8 Å². The van der Waals surface area contributed by atoms with E-state index in [9.17, 15) is 5.26 Å². The Morgan fingerprint density at radius 2 is 1.70 bits per heavy atom. The number of methoxy groups -OCH3 is 3. The molecule has 0 fully saturated rings. The summed E-state index contributed by atoms with van der Waals surface area (Å²) in [6.45, 7) is 0.509. The highest BCUT2D eigenvalue weighted by atomic mass is 32.2. The Hall–Kier alpha value is -3.44. The standard InChI is InChI=1S/C22H22N4O3S/c1-27-16-8-5-14(6-9-16)13-24-21-17(12-23)20(25-22(26-21)30-4)15-7-10-18(28-2)19(11-15)29-3/h5-11H,13H2,1-4H3,(H,24,25,26). The van der Waals surface area contributed by atoms with Gasteiger partial charge in [-0.25, -0.2) is 9.97 Å². The molecule has 2 aromatic carbocycles. The van der Waals surface area contributed by atoms with Crippen LogP contribution in [0.3, 0.4) is 0 Å². The van der Waals surface area contributed by atoms with Crippen LogP contribution in [-0.4, -0.2) is 37.6 Å². The van der Waals surface area contributed by atoms with Crippen LogP contribution in [0.25, 0.3) is 11.3 Å². The van der Waals surface area contributed by atoms with Crippen LogP contribution in [-0.2, 0) is 6.54 Å². The van der Waals surface area contributed by atoms with Gasteiger partial charge in [-0.3, -0.25) is 0 Å². The van der Waals surface area contributed by atoms with Crippen LogP contribution >= 0.6 is 11.8 Å². The Morgan fingerprint density at radius 1 is 0.967 bits per heavy atom. The highest BCUT2D eigenvalue weighted by molar-refractivity contribution is 7.98. The first kappa shape index (κ1) is 21.3. The van der Waals surface area contributed by atoms with E-state index in [4.69, 9.17) is 14.2 Å². The maximum absolute atomic E-state index is 9.87. The number of ether oxygens (including phenoxy) is 3. The van der Waals surface area contributed by atoms with Gasteiger partial charge in [0.1, 0.15) is 23.2 Å². The van der Waals surface area contributed by atoms with Crippen LogP contribution in [0.1, 0.15) is 11.1 Å². The number of nitrogens with one attached hydrogen (secondary N) is 1. The zero-order chi connectivity index (χ0) is 21.5. The second-order valence-electron chi connectivity index (χ2n) is 6.17. The van der Waals surface area contributed by atoms with Crippen molar-refractivity contribution in [3.05, 3.63) is 53.6 Å². The first-order valence-corrected chi connectivity index (χ1v) is 10.3. The molecule has 0 aliphatic heterocycles. The van der Waals surface area contributed by atoms with Crippen LogP contribution in [0.5, 0.6) is 17.2 Å². The van der Waals surface area contributed by atoms with Crippen LogP contribution < -0.4 is 19.5 Å². The zero-order valence-electron chi connectivity index (χ0n) is 17.2. The van der Waals surface area contributed by atoms with Crippen LogP contribution in [0.15, 0.2) is 47.6 Å². The number of anilines is 1. The first-order chi connectivity index (χ1) is 14.6. The summed E-state index contributed by atoms with van der Waals surface area (Å²) in [6.07, 6.45) is 1.90. The maximum atomic E-state index is 9.87. The van der Waals surface area contributed by atoms with Crippen molar-refractivity contribution in [2.45, 2.75) is 11.7 Å². The zero-order valence-corrected chi connectivity index (χ0v) is 18.0. The Labute approximate surface area is 180 Å². The predicted octanol–water partition coefficient (Wildman–Crippen LogP) is 4.38. The lowest BCUT2D eigenvalue weighted by atomic mass is 10.1. The minimum atomic E-state index is 0.369. The van der Waals surface area contributed by atoms with Gasteiger partial charge in [0.25, 0.3) is 0 Å². The summed E-state index contributed by atoms with van der Waals surface area (Å²) in [4.78, 5) is 9.09. The number of rotatable bonds is 8. The predicted molar refractivity (Wildman–Crippen MR) is 117 cm³/mol. The van der Waals surface area contributed by atoms with Crippen molar-refractivity contribution in [3.8, 4) is 34.6 Å². The lowest BCUT2D eigenvalue weighted by Crippen LogP contribution is -2.07. The van der Waals surface area contributed by atoms with Gasteiger partial charge < -0.3 is 19.5 Å². The monoisotopic (exact) mass is 422 g/mol. The van der Waals surface area contributed by atoms with Gasteiger partial charge in [0.15, 0.2) is 16.7 Å². The third kappa shape index (κ3) is 4.58. The Morgan fingerprint density at radius 3 is 2.30 bits per heavy atom. The van der Waals surface area contributed by atoms with Crippen molar-refractivity contribution in [1.82, 2.24) is 9.97 Å². The van der Waals surface area contributed by atoms with E-state index in [-0.39, 0.29) is 0 Å². The quantitative estimate of drug-likeness (QED) is 0.423. The molecule has 0 aliphatic carbocycles. The van der Waals surface area contributed by atoms with E-state index in [0.29, 0.717) is 40.3 Å². The van der Waals surface area contributed by atoms with Crippen LogP contribution in [0, 0.1) is 11.3 Å². The number of benzene rings is 2. The summed E-state index contributed by atoms with van der Waals surface area (Å²) in [5.41, 5.74) is 2.69. The van der Waals surface area contributed by atoms with Crippen molar-refractivity contribution in [2.24, 2.45) is 0 Å². The molecule has 0 aliphatic rings. The number of nitriles is 1. The lowest BCUT2D eigenvalue weighted by molar-refractivity contribution is 0.355. The van der Waals surface area contributed by atoms with E-state index in [0.717, 1.165) is 16.9 Å². The van der Waals surface area contributed by atoms with Gasteiger partial charge in [-0.15, -0.1) is 0 Å². The number of aromatic nitrogens is 2. The Balaban J connectivity index is 1.99. The number of thioether (sulfide) groups is 1.